The van der Waals surface area contributed by atoms with E-state index in [9.17, 15) is 2.74 Å². The van der Waals surface area contributed by atoms with Crippen LogP contribution in [0, 0.1) is 0 Å². The minimum absolute atomic E-state index is 0.0214. The van der Waals surface area contributed by atoms with E-state index < -0.39 is 72.5 Å². The SMILES string of the molecule is [2H]c1cc2c(oc3c([2H])c([2H])c([2H])c(-c4cc(-c5nc(-c6ccccc6)nc(-c6c([2H])c([2H])c7c([2H])c(-c8ccccc8)c([2H])c([2H])c7c6[2H])n5)c([2H])c([2H])c4[2H])c32)c([2H])c1[2H]. The molecule has 2 heterocycles. The van der Waals surface area contributed by atoms with E-state index in [-0.39, 0.29) is 96.1 Å². The van der Waals surface area contributed by atoms with Crippen LogP contribution in [0.2, 0.25) is 0 Å². The standard InChI is InChI=1S/C43H27N3O/c1-3-11-28(12-4-1)30-21-22-32-26-35(24-23-31(32)25-30)43-45-41(29-13-5-2-6-14-29)44-42(46-43)34-16-9-15-33(27-34)36-18-10-20-39-40(36)37-17-7-8-19-38(37)47-39/h1-27H/i7D,8D,9D,10D,15D,16D,18D,19D,20D,21D,22D,23D,24D,25D,26D. The maximum atomic E-state index is 9.37. The number of nitrogens with zero attached hydrogens (tertiary/aromatic N) is 3. The smallest absolute Gasteiger partial charge is 0.164 e. The van der Waals surface area contributed by atoms with Crippen molar-refractivity contribution in [1.29, 1.82) is 0 Å². The number of hydrogen-bond donors (Lipinski definition) is 0. The monoisotopic (exact) mass is 616 g/mol. The maximum absolute atomic E-state index is 9.37. The summed E-state index contributed by atoms with van der Waals surface area (Å²) in [5, 5.41) is -0.396. The molecule has 0 radical (unpaired) electrons. The third kappa shape index (κ3) is 4.93. The molecule has 7 aromatic carbocycles. The molecule has 0 unspecified atom stereocenters. The van der Waals surface area contributed by atoms with E-state index in [1.807, 2.05) is 0 Å². The summed E-state index contributed by atoms with van der Waals surface area (Å²) in [6.45, 7) is 0. The van der Waals surface area contributed by atoms with Crippen molar-refractivity contribution in [1.82, 2.24) is 15.0 Å². The molecule has 0 amide bonds. The molecular weight excluding hydrogens is 574 g/mol. The van der Waals surface area contributed by atoms with E-state index in [1.54, 1.807) is 60.7 Å². The van der Waals surface area contributed by atoms with Crippen molar-refractivity contribution in [3.8, 4) is 56.4 Å². The summed E-state index contributed by atoms with van der Waals surface area (Å²) in [6, 6.07) is 12.0. The van der Waals surface area contributed by atoms with Crippen LogP contribution >= 0.6 is 0 Å². The molecule has 9 rings (SSSR count). The van der Waals surface area contributed by atoms with Crippen LogP contribution in [0.3, 0.4) is 0 Å². The molecule has 0 saturated carbocycles. The van der Waals surface area contributed by atoms with E-state index in [0.29, 0.717) is 11.1 Å². The zero-order valence-corrected chi connectivity index (χ0v) is 24.2. The van der Waals surface area contributed by atoms with Gasteiger partial charge >= 0.3 is 0 Å². The van der Waals surface area contributed by atoms with Crippen molar-refractivity contribution in [3.63, 3.8) is 0 Å². The fourth-order valence-electron chi connectivity index (χ4n) is 5.32. The quantitative estimate of drug-likeness (QED) is 0.193. The molecule has 47 heavy (non-hydrogen) atoms. The molecule has 0 fully saturated rings. The first-order valence-electron chi connectivity index (χ1n) is 22.0. The van der Waals surface area contributed by atoms with Crippen molar-refractivity contribution in [2.75, 3.05) is 0 Å². The summed E-state index contributed by atoms with van der Waals surface area (Å²) in [5.74, 6) is -0.671. The van der Waals surface area contributed by atoms with Crippen LogP contribution in [0.1, 0.15) is 20.6 Å². The minimum atomic E-state index is -0.654. The van der Waals surface area contributed by atoms with Crippen molar-refractivity contribution >= 4 is 32.7 Å². The molecule has 0 aliphatic heterocycles. The molecule has 4 heteroatoms. The molecule has 4 nitrogen and oxygen atoms in total. The van der Waals surface area contributed by atoms with Crippen LogP contribution in [0.15, 0.2) is 168 Å². The Bertz CT molecular complexity index is 3420. The first-order valence-corrected chi connectivity index (χ1v) is 14.5. The van der Waals surface area contributed by atoms with E-state index in [2.05, 4.69) is 15.0 Å². The highest BCUT2D eigenvalue weighted by Crippen LogP contribution is 2.38. The van der Waals surface area contributed by atoms with Gasteiger partial charge in [-0.15, -0.1) is 0 Å². The van der Waals surface area contributed by atoms with E-state index in [0.717, 1.165) is 0 Å². The summed E-state index contributed by atoms with van der Waals surface area (Å²) < 4.78 is 139. The largest absolute Gasteiger partial charge is 0.456 e. The molecule has 0 aliphatic rings. The fourth-order valence-corrected chi connectivity index (χ4v) is 5.32. The molecule has 0 aliphatic carbocycles. The Morgan fingerprint density at radius 3 is 1.85 bits per heavy atom. The van der Waals surface area contributed by atoms with Gasteiger partial charge in [-0.2, -0.15) is 0 Å². The Hall–Kier alpha value is -6.39. The summed E-state index contributed by atoms with van der Waals surface area (Å²) in [7, 11) is 0. The lowest BCUT2D eigenvalue weighted by atomic mass is 9.97. The number of furan rings is 1. The number of benzene rings is 7. The van der Waals surface area contributed by atoms with Crippen LogP contribution in [-0.2, 0) is 0 Å². The topological polar surface area (TPSA) is 51.8 Å². The number of fused-ring (bicyclic) bond motifs is 4. The molecule has 0 atom stereocenters. The second-order valence-corrected chi connectivity index (χ2v) is 10.5. The Labute approximate surface area is 292 Å². The molecular formula is C43H27N3O. The number of para-hydroxylation sites is 1. The number of aromatic nitrogens is 3. The molecule has 0 saturated heterocycles. The van der Waals surface area contributed by atoms with E-state index in [4.69, 9.17) is 22.2 Å². The second kappa shape index (κ2) is 11.2. The average Bonchev–Trinajstić information content (AvgIpc) is 3.64. The van der Waals surface area contributed by atoms with Gasteiger partial charge < -0.3 is 4.42 Å². The lowest BCUT2D eigenvalue weighted by molar-refractivity contribution is 0.669. The van der Waals surface area contributed by atoms with Gasteiger partial charge in [0, 0.05) is 27.5 Å². The molecule has 2 aromatic heterocycles. The van der Waals surface area contributed by atoms with Gasteiger partial charge in [-0.3, -0.25) is 0 Å². The Morgan fingerprint density at radius 2 is 1.06 bits per heavy atom. The van der Waals surface area contributed by atoms with Gasteiger partial charge in [0.2, 0.25) is 0 Å². The molecule has 0 N–H and O–H groups in total. The third-order valence-corrected chi connectivity index (χ3v) is 7.55. The summed E-state index contributed by atoms with van der Waals surface area (Å²) in [5.41, 5.74) is -0.413. The van der Waals surface area contributed by atoms with Crippen LogP contribution in [0.5, 0.6) is 0 Å². The van der Waals surface area contributed by atoms with Crippen molar-refractivity contribution < 1.29 is 25.0 Å². The predicted molar refractivity (Wildman–Crippen MR) is 192 cm³/mol. The summed E-state index contributed by atoms with van der Waals surface area (Å²) in [6.07, 6.45) is 0. The number of rotatable bonds is 5. The lowest BCUT2D eigenvalue weighted by Crippen LogP contribution is -2.00. The van der Waals surface area contributed by atoms with Crippen LogP contribution in [-0.4, -0.2) is 15.0 Å². The highest BCUT2D eigenvalue weighted by Gasteiger charge is 2.16. The normalized spacial score (nSPS) is 15.9. The summed E-state index contributed by atoms with van der Waals surface area (Å²) >= 11 is 0. The second-order valence-electron chi connectivity index (χ2n) is 10.5. The molecule has 220 valence electrons. The van der Waals surface area contributed by atoms with Gasteiger partial charge in [-0.25, -0.2) is 15.0 Å². The highest BCUT2D eigenvalue weighted by molar-refractivity contribution is 6.12. The van der Waals surface area contributed by atoms with Crippen LogP contribution < -0.4 is 0 Å². The van der Waals surface area contributed by atoms with Gasteiger partial charge in [0.1, 0.15) is 11.2 Å². The average molecular weight is 617 g/mol. The first-order chi connectivity index (χ1) is 29.5. The Kier molecular flexibility index (Phi) is 3.75. The zero-order chi connectivity index (χ0) is 44.2. The van der Waals surface area contributed by atoms with Crippen molar-refractivity contribution in [2.45, 2.75) is 0 Å². The maximum Gasteiger partial charge on any atom is 0.164 e. The lowest BCUT2D eigenvalue weighted by Gasteiger charge is -2.11. The molecule has 9 aromatic rings. The third-order valence-electron chi connectivity index (χ3n) is 7.55. The van der Waals surface area contributed by atoms with Crippen LogP contribution in [0.4, 0.5) is 0 Å². The number of hydrogen-bond acceptors (Lipinski definition) is 4. The van der Waals surface area contributed by atoms with Crippen molar-refractivity contribution in [3.05, 3.63) is 163 Å². The van der Waals surface area contributed by atoms with Gasteiger partial charge in [-0.05, 0) is 63.3 Å². The van der Waals surface area contributed by atoms with Gasteiger partial charge in [0.15, 0.2) is 17.5 Å². The van der Waals surface area contributed by atoms with Gasteiger partial charge in [-0.1, -0.05) is 133 Å². The van der Waals surface area contributed by atoms with Gasteiger partial charge in [0.05, 0.1) is 20.6 Å². The molecule has 0 spiro atoms. The fraction of sp³-hybridized carbons (Fsp3) is 0. The van der Waals surface area contributed by atoms with E-state index in [1.165, 1.54) is 12.1 Å². The first kappa shape index (κ1) is 15.7. The van der Waals surface area contributed by atoms with Crippen LogP contribution in [0.25, 0.3) is 89.1 Å². The Balaban J connectivity index is 1.35. The minimum Gasteiger partial charge on any atom is -0.456 e. The highest BCUT2D eigenvalue weighted by atomic mass is 16.3. The van der Waals surface area contributed by atoms with Crippen molar-refractivity contribution in [2.24, 2.45) is 0 Å². The van der Waals surface area contributed by atoms with Gasteiger partial charge in [0.25, 0.3) is 0 Å². The molecule has 0 bridgehead atoms. The van der Waals surface area contributed by atoms with E-state index >= 15 is 0 Å². The summed E-state index contributed by atoms with van der Waals surface area (Å²) in [4.78, 5) is 13.8. The Morgan fingerprint density at radius 1 is 0.447 bits per heavy atom. The predicted octanol–water partition coefficient (Wildman–Crippen LogP) is 11.3. The zero-order valence-electron chi connectivity index (χ0n) is 39.2.